The van der Waals surface area contributed by atoms with E-state index in [-0.39, 0.29) is 0 Å². The van der Waals surface area contributed by atoms with Gasteiger partial charge in [0, 0.05) is 10.6 Å². The van der Waals surface area contributed by atoms with Crippen LogP contribution in [0.3, 0.4) is 0 Å². The molecule has 1 unspecified atom stereocenters. The molecule has 1 nitrogen and oxygen atoms in total. The van der Waals surface area contributed by atoms with E-state index in [4.69, 9.17) is 11.6 Å². The maximum absolute atomic E-state index is 11.1. The summed E-state index contributed by atoms with van der Waals surface area (Å²) < 4.78 is 0. The highest BCUT2D eigenvalue weighted by Crippen LogP contribution is 2.28. The maximum atomic E-state index is 11.1. The predicted octanol–water partition coefficient (Wildman–Crippen LogP) is 5.33. The van der Waals surface area contributed by atoms with Gasteiger partial charge in [0.2, 0.25) is 0 Å². The fraction of sp³-hybridized carbons (Fsp3) is 0.235. The van der Waals surface area contributed by atoms with Gasteiger partial charge in [0.15, 0.2) is 6.29 Å². The quantitative estimate of drug-likeness (QED) is 0.687. The van der Waals surface area contributed by atoms with Crippen LogP contribution in [0.2, 0.25) is 5.02 Å². The molecule has 0 radical (unpaired) electrons. The lowest BCUT2D eigenvalue weighted by atomic mass is 9.94. The summed E-state index contributed by atoms with van der Waals surface area (Å²) in [7, 11) is 0. The van der Waals surface area contributed by atoms with Crippen molar-refractivity contribution in [2.24, 2.45) is 0 Å². The van der Waals surface area contributed by atoms with E-state index in [0.29, 0.717) is 16.5 Å². The second kappa shape index (κ2) is 6.03. The third-order valence-corrected chi connectivity index (χ3v) is 3.78. The Hall–Kier alpha value is -1.60. The van der Waals surface area contributed by atoms with Crippen molar-refractivity contribution in [1.82, 2.24) is 0 Å². The summed E-state index contributed by atoms with van der Waals surface area (Å²) in [4.78, 5) is 11.1. The van der Waals surface area contributed by atoms with Gasteiger partial charge in [-0.3, -0.25) is 4.79 Å². The molecule has 2 rings (SSSR count). The highest BCUT2D eigenvalue weighted by atomic mass is 35.5. The highest BCUT2D eigenvalue weighted by molar-refractivity contribution is 6.31. The van der Waals surface area contributed by atoms with E-state index in [0.717, 1.165) is 23.8 Å². The average Bonchev–Trinajstić information content (AvgIpc) is 2.46. The van der Waals surface area contributed by atoms with Crippen LogP contribution in [0.15, 0.2) is 42.5 Å². The predicted molar refractivity (Wildman–Crippen MR) is 81.0 cm³/mol. The summed E-state index contributed by atoms with van der Waals surface area (Å²) in [6.45, 7) is 4.39. The van der Waals surface area contributed by atoms with Crippen LogP contribution in [0.5, 0.6) is 0 Å². The summed E-state index contributed by atoms with van der Waals surface area (Å²) in [6.07, 6.45) is 1.99. The highest BCUT2D eigenvalue weighted by Gasteiger charge is 2.07. The van der Waals surface area contributed by atoms with Crippen molar-refractivity contribution < 1.29 is 4.79 Å². The van der Waals surface area contributed by atoms with Gasteiger partial charge in [-0.15, -0.1) is 0 Å². The first-order valence-electron chi connectivity index (χ1n) is 6.50. The molecule has 0 amide bonds. The molecule has 0 spiro atoms. The molecule has 0 aliphatic heterocycles. The molecule has 0 saturated heterocycles. The topological polar surface area (TPSA) is 17.1 Å². The summed E-state index contributed by atoms with van der Waals surface area (Å²) in [5.74, 6) is 0.555. The maximum Gasteiger partial charge on any atom is 0.150 e. The molecule has 0 heterocycles. The Balaban J connectivity index is 2.42. The van der Waals surface area contributed by atoms with Gasteiger partial charge in [-0.2, -0.15) is 0 Å². The van der Waals surface area contributed by atoms with Crippen LogP contribution in [0.4, 0.5) is 0 Å². The van der Waals surface area contributed by atoms with Crippen molar-refractivity contribution in [1.29, 1.82) is 0 Å². The first kappa shape index (κ1) is 13.8. The molecule has 0 aromatic heterocycles. The Kier molecular flexibility index (Phi) is 4.39. The van der Waals surface area contributed by atoms with Gasteiger partial charge in [0.05, 0.1) is 0 Å². The van der Waals surface area contributed by atoms with Crippen LogP contribution in [0, 0.1) is 0 Å². The zero-order valence-corrected chi connectivity index (χ0v) is 11.9. The summed E-state index contributed by atoms with van der Waals surface area (Å²) in [6, 6.07) is 13.7. The number of carbonyl (C=O) groups is 1. The van der Waals surface area contributed by atoms with Gasteiger partial charge in [0.1, 0.15) is 0 Å². The Morgan fingerprint density at radius 3 is 2.42 bits per heavy atom. The van der Waals surface area contributed by atoms with Crippen molar-refractivity contribution >= 4 is 17.9 Å². The molecule has 0 fully saturated rings. The van der Waals surface area contributed by atoms with E-state index in [2.05, 4.69) is 38.1 Å². The molecule has 0 N–H and O–H groups in total. The Labute approximate surface area is 119 Å². The van der Waals surface area contributed by atoms with Crippen LogP contribution < -0.4 is 0 Å². The molecule has 2 aromatic rings. The molecule has 0 saturated carbocycles. The smallest absolute Gasteiger partial charge is 0.150 e. The molecule has 0 bridgehead atoms. The number of hydrogen-bond donors (Lipinski definition) is 0. The molecule has 19 heavy (non-hydrogen) atoms. The van der Waals surface area contributed by atoms with E-state index in [1.807, 2.05) is 6.07 Å². The van der Waals surface area contributed by atoms with E-state index >= 15 is 0 Å². The van der Waals surface area contributed by atoms with Crippen LogP contribution in [0.1, 0.15) is 42.1 Å². The number of halogens is 1. The third kappa shape index (κ3) is 3.05. The monoisotopic (exact) mass is 272 g/mol. The summed E-state index contributed by atoms with van der Waals surface area (Å²) >= 11 is 6.01. The van der Waals surface area contributed by atoms with E-state index < -0.39 is 0 Å². The van der Waals surface area contributed by atoms with Crippen LogP contribution >= 0.6 is 11.6 Å². The fourth-order valence-corrected chi connectivity index (χ4v) is 2.28. The van der Waals surface area contributed by atoms with E-state index in [1.165, 1.54) is 5.56 Å². The van der Waals surface area contributed by atoms with Gasteiger partial charge in [-0.1, -0.05) is 49.7 Å². The van der Waals surface area contributed by atoms with E-state index in [1.54, 1.807) is 12.1 Å². The second-order valence-electron chi connectivity index (χ2n) is 4.78. The van der Waals surface area contributed by atoms with Gasteiger partial charge < -0.3 is 0 Å². The van der Waals surface area contributed by atoms with Crippen LogP contribution in [-0.2, 0) is 0 Å². The zero-order valence-electron chi connectivity index (χ0n) is 11.2. The van der Waals surface area contributed by atoms with Crippen molar-refractivity contribution in [3.63, 3.8) is 0 Å². The first-order chi connectivity index (χ1) is 9.15. The number of benzene rings is 2. The minimum atomic E-state index is 0.555. The fourth-order valence-electron chi connectivity index (χ4n) is 2.11. The largest absolute Gasteiger partial charge is 0.298 e. The molecular formula is C17H17ClO. The standard InChI is InChI=1S/C17H17ClO/c1-3-12(2)13-4-6-14(7-5-13)17-10-16(18)9-8-15(17)11-19/h4-12H,3H2,1-2H3. The van der Waals surface area contributed by atoms with Gasteiger partial charge in [-0.05, 0) is 47.2 Å². The van der Waals surface area contributed by atoms with Gasteiger partial charge in [-0.25, -0.2) is 0 Å². The molecule has 2 heteroatoms. The van der Waals surface area contributed by atoms with Crippen molar-refractivity contribution in [2.45, 2.75) is 26.2 Å². The van der Waals surface area contributed by atoms with Crippen molar-refractivity contribution in [3.05, 3.63) is 58.6 Å². The number of rotatable bonds is 4. The average molecular weight is 273 g/mol. The Bertz CT molecular complexity index is 572. The van der Waals surface area contributed by atoms with Crippen molar-refractivity contribution in [2.75, 3.05) is 0 Å². The molecule has 98 valence electrons. The lowest BCUT2D eigenvalue weighted by Gasteiger charge is -2.11. The lowest BCUT2D eigenvalue weighted by Crippen LogP contribution is -1.92. The Morgan fingerprint density at radius 1 is 1.16 bits per heavy atom. The molecule has 2 aromatic carbocycles. The molecule has 0 aliphatic rings. The van der Waals surface area contributed by atoms with Gasteiger partial charge >= 0.3 is 0 Å². The second-order valence-corrected chi connectivity index (χ2v) is 5.22. The lowest BCUT2D eigenvalue weighted by molar-refractivity contribution is 0.112. The summed E-state index contributed by atoms with van der Waals surface area (Å²) in [5, 5.41) is 0.645. The van der Waals surface area contributed by atoms with Gasteiger partial charge in [0.25, 0.3) is 0 Å². The van der Waals surface area contributed by atoms with Crippen molar-refractivity contribution in [3.8, 4) is 11.1 Å². The third-order valence-electron chi connectivity index (χ3n) is 3.55. The number of aldehydes is 1. The summed E-state index contributed by atoms with van der Waals surface area (Å²) in [5.41, 5.74) is 3.90. The molecule has 1 atom stereocenters. The molecule has 0 aliphatic carbocycles. The minimum absolute atomic E-state index is 0.555. The SMILES string of the molecule is CCC(C)c1ccc(-c2cc(Cl)ccc2C=O)cc1. The first-order valence-corrected chi connectivity index (χ1v) is 6.88. The van der Waals surface area contributed by atoms with Crippen LogP contribution in [0.25, 0.3) is 11.1 Å². The number of hydrogen-bond acceptors (Lipinski definition) is 1. The van der Waals surface area contributed by atoms with Crippen LogP contribution in [-0.4, -0.2) is 6.29 Å². The number of carbonyl (C=O) groups excluding carboxylic acids is 1. The minimum Gasteiger partial charge on any atom is -0.298 e. The Morgan fingerprint density at radius 2 is 1.84 bits per heavy atom. The van der Waals surface area contributed by atoms with E-state index in [9.17, 15) is 4.79 Å². The normalized spacial score (nSPS) is 12.2. The molecular weight excluding hydrogens is 256 g/mol. The zero-order chi connectivity index (χ0) is 13.8.